The van der Waals surface area contributed by atoms with Gasteiger partial charge in [0, 0.05) is 43.3 Å². The molecule has 31 heavy (non-hydrogen) atoms. The van der Waals surface area contributed by atoms with Gasteiger partial charge in [0.1, 0.15) is 23.0 Å². The van der Waals surface area contributed by atoms with Gasteiger partial charge in [0.2, 0.25) is 5.43 Å². The third-order valence-electron chi connectivity index (χ3n) is 5.18. The summed E-state index contributed by atoms with van der Waals surface area (Å²) in [5.74, 6) is -3.96. The Hall–Kier alpha value is -3.04. The van der Waals surface area contributed by atoms with Gasteiger partial charge in [0.25, 0.3) is 0 Å². The van der Waals surface area contributed by atoms with Crippen molar-refractivity contribution in [1.29, 1.82) is 0 Å². The number of carboxylic acids is 1. The first-order chi connectivity index (χ1) is 14.3. The first-order valence-corrected chi connectivity index (χ1v) is 9.32. The summed E-state index contributed by atoms with van der Waals surface area (Å²) in [5, 5.41) is 12.4. The molecule has 0 saturated carbocycles. The maximum Gasteiger partial charge on any atom is 0.341 e. The quantitative estimate of drug-likeness (QED) is 0.636. The summed E-state index contributed by atoms with van der Waals surface area (Å²) in [6.45, 7) is 3.63. The smallest absolute Gasteiger partial charge is 0.341 e. The monoisotopic (exact) mass is 453 g/mol. The number of aromatic carboxylic acids is 1. The Balaban J connectivity index is 0.00000272. The van der Waals surface area contributed by atoms with E-state index in [1.807, 2.05) is 6.92 Å². The highest BCUT2D eigenvalue weighted by Crippen LogP contribution is 2.28. The van der Waals surface area contributed by atoms with Gasteiger partial charge in [-0.3, -0.25) is 4.79 Å². The van der Waals surface area contributed by atoms with Crippen molar-refractivity contribution in [3.63, 3.8) is 0 Å². The molecule has 10 heteroatoms. The Labute approximate surface area is 181 Å². The first kappa shape index (κ1) is 22.6. The highest BCUT2D eigenvalue weighted by Gasteiger charge is 2.23. The van der Waals surface area contributed by atoms with E-state index in [0.29, 0.717) is 25.7 Å². The van der Waals surface area contributed by atoms with Gasteiger partial charge in [0.15, 0.2) is 0 Å². The minimum absolute atomic E-state index is 0. The third-order valence-corrected chi connectivity index (χ3v) is 5.18. The Morgan fingerprint density at radius 1 is 1.13 bits per heavy atom. The van der Waals surface area contributed by atoms with Gasteiger partial charge in [-0.2, -0.15) is 0 Å². The fourth-order valence-corrected chi connectivity index (χ4v) is 3.76. The maximum atomic E-state index is 14.9. The predicted molar refractivity (Wildman–Crippen MR) is 113 cm³/mol. The number of pyridine rings is 1. The molecule has 0 bridgehead atoms. The van der Waals surface area contributed by atoms with E-state index < -0.39 is 34.4 Å². The minimum Gasteiger partial charge on any atom is -0.477 e. The van der Waals surface area contributed by atoms with E-state index in [2.05, 4.69) is 5.32 Å². The molecule has 164 valence electrons. The van der Waals surface area contributed by atoms with Crippen LogP contribution >= 0.6 is 12.4 Å². The van der Waals surface area contributed by atoms with Gasteiger partial charge in [-0.05, 0) is 31.2 Å². The number of fused-ring (bicyclic) bond motifs is 1. The van der Waals surface area contributed by atoms with E-state index in [9.17, 15) is 27.9 Å². The van der Waals surface area contributed by atoms with Crippen molar-refractivity contribution in [3.05, 3.63) is 69.8 Å². The number of rotatable bonds is 3. The minimum atomic E-state index is -1.53. The van der Waals surface area contributed by atoms with E-state index in [1.54, 1.807) is 4.90 Å². The number of anilines is 1. The first-order valence-electron chi connectivity index (χ1n) is 9.32. The number of halogens is 4. The second kappa shape index (κ2) is 8.60. The van der Waals surface area contributed by atoms with Crippen molar-refractivity contribution < 1.29 is 23.1 Å². The lowest BCUT2D eigenvalue weighted by molar-refractivity contribution is 0.0695. The Morgan fingerprint density at radius 2 is 1.84 bits per heavy atom. The van der Waals surface area contributed by atoms with Gasteiger partial charge in [0.05, 0.1) is 16.9 Å². The lowest BCUT2D eigenvalue weighted by atomic mass is 10.1. The molecule has 0 aliphatic carbocycles. The molecule has 1 atom stereocenters. The van der Waals surface area contributed by atoms with E-state index in [1.165, 1.54) is 6.07 Å². The lowest BCUT2D eigenvalue weighted by Gasteiger charge is -2.34. The number of nitrogens with one attached hydrogen (secondary N) is 1. The van der Waals surface area contributed by atoms with Gasteiger partial charge in [-0.25, -0.2) is 18.0 Å². The molecule has 6 nitrogen and oxygen atoms in total. The molecule has 2 aromatic carbocycles. The second-order valence-corrected chi connectivity index (χ2v) is 7.26. The van der Waals surface area contributed by atoms with Crippen molar-refractivity contribution in [1.82, 2.24) is 9.88 Å². The SMILES string of the molecule is C[C@@H]1CN(c2cc3c(cc2F)c(=O)c(C(=O)O)cn3-c2ccc(F)cc2F)CCN1.Cl. The number of nitrogens with zero attached hydrogens (tertiary/aromatic N) is 2. The molecule has 4 rings (SSSR count). The number of piperazine rings is 1. The van der Waals surface area contributed by atoms with E-state index in [4.69, 9.17) is 0 Å². The van der Waals surface area contributed by atoms with Crippen LogP contribution in [0, 0.1) is 17.5 Å². The van der Waals surface area contributed by atoms with Gasteiger partial charge in [-0.15, -0.1) is 12.4 Å². The third kappa shape index (κ3) is 4.11. The summed E-state index contributed by atoms with van der Waals surface area (Å²) < 4.78 is 44.0. The average molecular weight is 454 g/mol. The van der Waals surface area contributed by atoms with Crippen molar-refractivity contribution in [2.24, 2.45) is 0 Å². The molecule has 1 aromatic heterocycles. The zero-order chi connectivity index (χ0) is 21.6. The number of benzene rings is 2. The summed E-state index contributed by atoms with van der Waals surface area (Å²) in [5.41, 5.74) is -1.34. The fraction of sp³-hybridized carbons (Fsp3) is 0.238. The number of carboxylic acid groups (broad SMARTS) is 1. The lowest BCUT2D eigenvalue weighted by Crippen LogP contribution is -2.49. The molecule has 1 aliphatic rings. The van der Waals surface area contributed by atoms with Crippen LogP contribution in [0.1, 0.15) is 17.3 Å². The van der Waals surface area contributed by atoms with Gasteiger partial charge < -0.3 is 19.9 Å². The molecule has 1 saturated heterocycles. The average Bonchev–Trinajstić information content (AvgIpc) is 2.68. The molecule has 1 fully saturated rings. The van der Waals surface area contributed by atoms with Crippen LogP contribution in [-0.2, 0) is 0 Å². The molecule has 2 heterocycles. The standard InChI is InChI=1S/C21H18F3N3O3.ClH/c1-11-9-26(5-4-25-11)19-8-18-13(7-16(19)24)20(28)14(21(29)30)10-27(18)17-3-2-12(22)6-15(17)23;/h2-3,6-8,10-11,25H,4-5,9H2,1H3,(H,29,30);1H/t11-;/m1./s1. The number of hydrogen-bond acceptors (Lipinski definition) is 4. The van der Waals surface area contributed by atoms with Crippen LogP contribution in [0.15, 0.2) is 41.3 Å². The van der Waals surface area contributed by atoms with Crippen molar-refractivity contribution >= 4 is 35.0 Å². The molecule has 1 aliphatic heterocycles. The zero-order valence-electron chi connectivity index (χ0n) is 16.4. The van der Waals surface area contributed by atoms with E-state index in [-0.39, 0.29) is 40.7 Å². The van der Waals surface area contributed by atoms with Crippen molar-refractivity contribution in [2.45, 2.75) is 13.0 Å². The molecular weight excluding hydrogens is 435 g/mol. The fourth-order valence-electron chi connectivity index (χ4n) is 3.76. The molecule has 0 radical (unpaired) electrons. The largest absolute Gasteiger partial charge is 0.477 e. The van der Waals surface area contributed by atoms with Gasteiger partial charge in [-0.1, -0.05) is 0 Å². The number of aromatic nitrogens is 1. The molecule has 0 unspecified atom stereocenters. The van der Waals surface area contributed by atoms with Crippen LogP contribution < -0.4 is 15.6 Å². The topological polar surface area (TPSA) is 74.6 Å². The van der Waals surface area contributed by atoms with Gasteiger partial charge >= 0.3 is 5.97 Å². The summed E-state index contributed by atoms with van der Waals surface area (Å²) in [6.07, 6.45) is 0.978. The second-order valence-electron chi connectivity index (χ2n) is 7.26. The molecule has 0 spiro atoms. The van der Waals surface area contributed by atoms with Crippen LogP contribution in [-0.4, -0.2) is 41.3 Å². The predicted octanol–water partition coefficient (Wildman–Crippen LogP) is 3.33. The molecule has 0 amide bonds. The van der Waals surface area contributed by atoms with E-state index in [0.717, 1.165) is 29.0 Å². The van der Waals surface area contributed by atoms with Crippen LogP contribution in [0.5, 0.6) is 0 Å². The van der Waals surface area contributed by atoms with Crippen LogP contribution in [0.25, 0.3) is 16.6 Å². The highest BCUT2D eigenvalue weighted by atomic mass is 35.5. The summed E-state index contributed by atoms with van der Waals surface area (Å²) in [4.78, 5) is 26.0. The number of carbonyl (C=O) groups is 1. The maximum absolute atomic E-state index is 14.9. The zero-order valence-corrected chi connectivity index (χ0v) is 17.2. The Morgan fingerprint density at radius 3 is 2.48 bits per heavy atom. The van der Waals surface area contributed by atoms with Crippen molar-refractivity contribution in [2.75, 3.05) is 24.5 Å². The summed E-state index contributed by atoms with van der Waals surface area (Å²) in [7, 11) is 0. The van der Waals surface area contributed by atoms with Crippen LogP contribution in [0.4, 0.5) is 18.9 Å². The molecule has 2 N–H and O–H groups in total. The summed E-state index contributed by atoms with van der Waals surface area (Å²) in [6, 6.07) is 5.30. The van der Waals surface area contributed by atoms with Crippen LogP contribution in [0.2, 0.25) is 0 Å². The molecule has 3 aromatic rings. The summed E-state index contributed by atoms with van der Waals surface area (Å²) >= 11 is 0. The molecular formula is C21H19ClF3N3O3. The normalized spacial score (nSPS) is 16.3. The Bertz CT molecular complexity index is 1230. The Kier molecular flexibility index (Phi) is 6.28. The van der Waals surface area contributed by atoms with E-state index >= 15 is 0 Å². The number of hydrogen-bond donors (Lipinski definition) is 2. The highest BCUT2D eigenvalue weighted by molar-refractivity contribution is 5.94. The van der Waals surface area contributed by atoms with Crippen LogP contribution in [0.3, 0.4) is 0 Å². The van der Waals surface area contributed by atoms with Crippen molar-refractivity contribution in [3.8, 4) is 5.69 Å².